The van der Waals surface area contributed by atoms with E-state index in [1.54, 1.807) is 16.8 Å². The van der Waals surface area contributed by atoms with Gasteiger partial charge in [-0.05, 0) is 23.8 Å². The van der Waals surface area contributed by atoms with E-state index in [0.29, 0.717) is 42.6 Å². The second kappa shape index (κ2) is 9.01. The van der Waals surface area contributed by atoms with Crippen molar-refractivity contribution in [2.45, 2.75) is 0 Å². The van der Waals surface area contributed by atoms with Crippen molar-refractivity contribution in [3.05, 3.63) is 84.3 Å². The predicted octanol–water partition coefficient (Wildman–Crippen LogP) is 4.76. The van der Waals surface area contributed by atoms with Gasteiger partial charge in [-0.3, -0.25) is 4.79 Å². The molecule has 0 bridgehead atoms. The molecular weight excluding hydrogens is 427 g/mol. The molecule has 1 aliphatic rings. The lowest BCUT2D eigenvalue weighted by atomic mass is 10.0. The molecule has 5 nitrogen and oxygen atoms in total. The number of hydrogen-bond donors (Lipinski definition) is 0. The van der Waals surface area contributed by atoms with Crippen LogP contribution in [0.15, 0.2) is 72.9 Å². The van der Waals surface area contributed by atoms with Crippen LogP contribution in [0.3, 0.4) is 0 Å². The fourth-order valence-corrected chi connectivity index (χ4v) is 4.45. The fourth-order valence-electron chi connectivity index (χ4n) is 4.45. The van der Waals surface area contributed by atoms with E-state index in [0.717, 1.165) is 17.1 Å². The van der Waals surface area contributed by atoms with Crippen molar-refractivity contribution in [3.63, 3.8) is 0 Å². The number of pyridine rings is 1. The highest BCUT2D eigenvalue weighted by molar-refractivity contribution is 6.13. The van der Waals surface area contributed by atoms with Crippen molar-refractivity contribution in [1.82, 2.24) is 14.5 Å². The van der Waals surface area contributed by atoms with Crippen molar-refractivity contribution in [1.29, 1.82) is 0 Å². The largest absolute Gasteiger partial charge is 0.353 e. The van der Waals surface area contributed by atoms with E-state index in [1.165, 1.54) is 6.07 Å². The average molecular weight is 451 g/mol. The highest BCUT2D eigenvalue weighted by Gasteiger charge is 2.29. The minimum absolute atomic E-state index is 0. The van der Waals surface area contributed by atoms with Gasteiger partial charge in [-0.25, -0.2) is 9.37 Å². The van der Waals surface area contributed by atoms with Crippen molar-refractivity contribution in [2.75, 3.05) is 31.1 Å². The molecule has 0 atom stereocenters. The van der Waals surface area contributed by atoms with Crippen LogP contribution >= 0.6 is 12.4 Å². The van der Waals surface area contributed by atoms with Gasteiger partial charge in [-0.15, -0.1) is 12.4 Å². The van der Waals surface area contributed by atoms with Gasteiger partial charge in [-0.1, -0.05) is 48.5 Å². The van der Waals surface area contributed by atoms with Gasteiger partial charge in [-0.2, -0.15) is 0 Å². The summed E-state index contributed by atoms with van der Waals surface area (Å²) in [5, 5.41) is 0.651. The SMILES string of the molecule is Cl.Cn1c(-c2ccccc2)c(C(=O)N2CCN(c3ccccn3)CC2)c2cccc(F)c21. The number of carbonyl (C=O) groups is 1. The number of halogens is 2. The Kier molecular flexibility index (Phi) is 6.15. The lowest BCUT2D eigenvalue weighted by Crippen LogP contribution is -2.49. The first-order valence-electron chi connectivity index (χ1n) is 10.4. The lowest BCUT2D eigenvalue weighted by molar-refractivity contribution is 0.0749. The van der Waals surface area contributed by atoms with Crippen LogP contribution in [-0.4, -0.2) is 46.5 Å². The van der Waals surface area contributed by atoms with E-state index in [-0.39, 0.29) is 24.1 Å². The number of amides is 1. The Balaban J connectivity index is 0.00000245. The van der Waals surface area contributed by atoms with E-state index in [4.69, 9.17) is 0 Å². The normalized spacial score (nSPS) is 13.8. The number of para-hydroxylation sites is 1. The molecule has 0 unspecified atom stereocenters. The maximum Gasteiger partial charge on any atom is 0.256 e. The third-order valence-electron chi connectivity index (χ3n) is 5.96. The molecule has 0 radical (unpaired) electrons. The molecule has 0 spiro atoms. The number of aryl methyl sites for hydroxylation is 1. The van der Waals surface area contributed by atoms with E-state index >= 15 is 0 Å². The lowest BCUT2D eigenvalue weighted by Gasteiger charge is -2.35. The Morgan fingerprint density at radius 1 is 0.906 bits per heavy atom. The zero-order valence-electron chi connectivity index (χ0n) is 17.7. The van der Waals surface area contributed by atoms with Gasteiger partial charge in [0.15, 0.2) is 0 Å². The molecule has 1 saturated heterocycles. The molecule has 2 aromatic carbocycles. The van der Waals surface area contributed by atoms with Crippen LogP contribution in [0.1, 0.15) is 10.4 Å². The third kappa shape index (κ3) is 3.71. The first-order chi connectivity index (χ1) is 15.1. The smallest absolute Gasteiger partial charge is 0.256 e. The summed E-state index contributed by atoms with van der Waals surface area (Å²) in [6, 6.07) is 20.5. The summed E-state index contributed by atoms with van der Waals surface area (Å²) in [6.07, 6.45) is 1.78. The molecule has 0 N–H and O–H groups in total. The number of anilines is 1. The van der Waals surface area contributed by atoms with Gasteiger partial charge < -0.3 is 14.4 Å². The number of rotatable bonds is 3. The summed E-state index contributed by atoms with van der Waals surface area (Å²) in [7, 11) is 1.82. The van der Waals surface area contributed by atoms with E-state index in [2.05, 4.69) is 9.88 Å². The fraction of sp³-hybridized carbons (Fsp3) is 0.200. The van der Waals surface area contributed by atoms with Crippen molar-refractivity contribution < 1.29 is 9.18 Å². The van der Waals surface area contributed by atoms with Gasteiger partial charge in [0, 0.05) is 44.8 Å². The molecule has 1 aliphatic heterocycles. The number of hydrogen-bond acceptors (Lipinski definition) is 3. The highest BCUT2D eigenvalue weighted by Crippen LogP contribution is 2.35. The first-order valence-corrected chi connectivity index (χ1v) is 10.4. The van der Waals surface area contributed by atoms with Crippen LogP contribution in [0, 0.1) is 5.82 Å². The van der Waals surface area contributed by atoms with Gasteiger partial charge in [0.1, 0.15) is 11.6 Å². The molecule has 0 saturated carbocycles. The van der Waals surface area contributed by atoms with Crippen LogP contribution < -0.4 is 4.90 Å². The molecule has 5 rings (SSSR count). The standard InChI is InChI=1S/C25H23FN4O.ClH/c1-28-23(18-8-3-2-4-9-18)22(19-10-7-11-20(26)24(19)28)25(31)30-16-14-29(15-17-30)21-12-5-6-13-27-21;/h2-13H,14-17H2,1H3;1H. The number of piperazine rings is 1. The van der Waals surface area contributed by atoms with E-state index in [1.807, 2.05) is 66.5 Å². The quantitative estimate of drug-likeness (QED) is 0.451. The minimum Gasteiger partial charge on any atom is -0.353 e. The second-order valence-electron chi connectivity index (χ2n) is 7.75. The monoisotopic (exact) mass is 450 g/mol. The van der Waals surface area contributed by atoms with Crippen LogP contribution in [-0.2, 0) is 7.05 Å². The van der Waals surface area contributed by atoms with Crippen LogP contribution in [0.2, 0.25) is 0 Å². The number of aromatic nitrogens is 2. The Labute approximate surface area is 192 Å². The van der Waals surface area contributed by atoms with Gasteiger partial charge in [0.05, 0.1) is 16.8 Å². The van der Waals surface area contributed by atoms with E-state index < -0.39 is 0 Å². The summed E-state index contributed by atoms with van der Waals surface area (Å²) in [5.74, 6) is 0.540. The third-order valence-corrected chi connectivity index (χ3v) is 5.96. The summed E-state index contributed by atoms with van der Waals surface area (Å²) < 4.78 is 16.5. The molecule has 4 aromatic rings. The van der Waals surface area contributed by atoms with Crippen molar-refractivity contribution in [3.8, 4) is 11.3 Å². The van der Waals surface area contributed by atoms with Crippen molar-refractivity contribution in [2.24, 2.45) is 7.05 Å². The first kappa shape index (κ1) is 21.8. The highest BCUT2D eigenvalue weighted by atomic mass is 35.5. The van der Waals surface area contributed by atoms with Crippen LogP contribution in [0.25, 0.3) is 22.2 Å². The van der Waals surface area contributed by atoms with Gasteiger partial charge in [0.25, 0.3) is 5.91 Å². The number of benzene rings is 2. The molecule has 32 heavy (non-hydrogen) atoms. The van der Waals surface area contributed by atoms with Crippen LogP contribution in [0.4, 0.5) is 10.2 Å². The van der Waals surface area contributed by atoms with Crippen molar-refractivity contribution >= 4 is 35.0 Å². The maximum atomic E-state index is 14.7. The van der Waals surface area contributed by atoms with Gasteiger partial charge >= 0.3 is 0 Å². The molecular formula is C25H24ClFN4O. The maximum absolute atomic E-state index is 14.7. The van der Waals surface area contributed by atoms with Crippen LogP contribution in [0.5, 0.6) is 0 Å². The number of fused-ring (bicyclic) bond motifs is 1. The molecule has 2 aromatic heterocycles. The molecule has 1 amide bonds. The van der Waals surface area contributed by atoms with E-state index in [9.17, 15) is 9.18 Å². The Morgan fingerprint density at radius 3 is 2.31 bits per heavy atom. The summed E-state index contributed by atoms with van der Waals surface area (Å²) in [4.78, 5) is 22.2. The number of carbonyl (C=O) groups excluding carboxylic acids is 1. The second-order valence-corrected chi connectivity index (χ2v) is 7.75. The topological polar surface area (TPSA) is 41.4 Å². The molecule has 1 fully saturated rings. The Morgan fingerprint density at radius 2 is 1.62 bits per heavy atom. The molecule has 164 valence electrons. The summed E-state index contributed by atoms with van der Waals surface area (Å²) >= 11 is 0. The average Bonchev–Trinajstić information content (AvgIpc) is 3.13. The zero-order valence-corrected chi connectivity index (χ0v) is 18.6. The number of nitrogens with zero attached hydrogens (tertiary/aromatic N) is 4. The summed E-state index contributed by atoms with van der Waals surface area (Å²) in [6.45, 7) is 2.61. The minimum atomic E-state index is -0.323. The summed E-state index contributed by atoms with van der Waals surface area (Å²) in [5.41, 5.74) is 2.67. The zero-order chi connectivity index (χ0) is 21.4. The Hall–Kier alpha value is -3.38. The Bertz CT molecular complexity index is 1240. The predicted molar refractivity (Wildman–Crippen MR) is 128 cm³/mol. The molecule has 3 heterocycles. The molecule has 7 heteroatoms. The molecule has 0 aliphatic carbocycles. The van der Waals surface area contributed by atoms with Gasteiger partial charge in [0.2, 0.25) is 0 Å².